The lowest BCUT2D eigenvalue weighted by Crippen LogP contribution is -2.33. The Morgan fingerprint density at radius 1 is 1.19 bits per heavy atom. The zero-order valence-electron chi connectivity index (χ0n) is 15.0. The Bertz CT molecular complexity index is 803. The monoisotopic (exact) mass is 353 g/mol. The third kappa shape index (κ3) is 4.33. The van der Waals surface area contributed by atoms with Crippen LogP contribution in [0.2, 0.25) is 0 Å². The van der Waals surface area contributed by atoms with E-state index < -0.39 is 5.41 Å². The van der Waals surface area contributed by atoms with Crippen molar-refractivity contribution < 1.29 is 14.3 Å². The van der Waals surface area contributed by atoms with E-state index in [2.05, 4.69) is 16.0 Å². The third-order valence-electron chi connectivity index (χ3n) is 4.23. The van der Waals surface area contributed by atoms with Gasteiger partial charge in [0.05, 0.1) is 11.1 Å². The van der Waals surface area contributed by atoms with Crippen LogP contribution in [0.1, 0.15) is 19.4 Å². The largest absolute Gasteiger partial charge is 0.490 e. The fraction of sp³-hybridized carbons (Fsp3) is 0.300. The summed E-state index contributed by atoms with van der Waals surface area (Å²) in [6.07, 6.45) is 0.761. The molecule has 0 unspecified atom stereocenters. The average Bonchev–Trinajstić information content (AvgIpc) is 2.72. The summed E-state index contributed by atoms with van der Waals surface area (Å²) in [4.78, 5) is 24.3. The van der Waals surface area contributed by atoms with Crippen LogP contribution in [0.4, 0.5) is 16.2 Å². The van der Waals surface area contributed by atoms with Crippen LogP contribution in [0.5, 0.6) is 5.75 Å². The van der Waals surface area contributed by atoms with Crippen LogP contribution in [0.25, 0.3) is 0 Å². The first-order chi connectivity index (χ1) is 12.4. The molecule has 1 heterocycles. The second-order valence-electron chi connectivity index (χ2n) is 6.95. The molecule has 3 N–H and O–H groups in total. The number of anilines is 2. The van der Waals surface area contributed by atoms with E-state index in [4.69, 9.17) is 4.74 Å². The lowest BCUT2D eigenvalue weighted by atomic mass is 9.94. The standard InChI is InChI=1S/C20H23N3O3/c1-20(2)13-26-17-9-8-15(12-16(17)23-18(20)24)22-19(25)21-11-10-14-6-4-3-5-7-14/h3-9,12H,10-11,13H2,1-2H3,(H,23,24)(H2,21,22,25). The lowest BCUT2D eigenvalue weighted by Gasteiger charge is -2.18. The Morgan fingerprint density at radius 3 is 2.73 bits per heavy atom. The first-order valence-electron chi connectivity index (χ1n) is 8.61. The molecule has 26 heavy (non-hydrogen) atoms. The van der Waals surface area contributed by atoms with E-state index in [0.29, 0.717) is 30.3 Å². The topological polar surface area (TPSA) is 79.5 Å². The molecule has 0 bridgehead atoms. The summed E-state index contributed by atoms with van der Waals surface area (Å²) in [5.41, 5.74) is 1.70. The lowest BCUT2D eigenvalue weighted by molar-refractivity contribution is -0.124. The molecule has 3 rings (SSSR count). The van der Waals surface area contributed by atoms with Gasteiger partial charge in [-0.2, -0.15) is 0 Å². The molecular formula is C20H23N3O3. The molecule has 0 saturated carbocycles. The predicted molar refractivity (Wildman–Crippen MR) is 102 cm³/mol. The van der Waals surface area contributed by atoms with E-state index in [1.54, 1.807) is 18.2 Å². The van der Waals surface area contributed by atoms with Crippen molar-refractivity contribution in [1.29, 1.82) is 0 Å². The zero-order valence-corrected chi connectivity index (χ0v) is 15.0. The number of benzene rings is 2. The van der Waals surface area contributed by atoms with Crippen LogP contribution in [0.15, 0.2) is 48.5 Å². The van der Waals surface area contributed by atoms with E-state index in [0.717, 1.165) is 6.42 Å². The van der Waals surface area contributed by atoms with Gasteiger partial charge in [0.2, 0.25) is 5.91 Å². The van der Waals surface area contributed by atoms with Crippen molar-refractivity contribution in [3.8, 4) is 5.75 Å². The second-order valence-corrected chi connectivity index (χ2v) is 6.95. The fourth-order valence-corrected chi connectivity index (χ4v) is 2.59. The van der Waals surface area contributed by atoms with Crippen LogP contribution >= 0.6 is 0 Å². The minimum absolute atomic E-state index is 0.110. The number of nitrogens with one attached hydrogen (secondary N) is 3. The number of fused-ring (bicyclic) bond motifs is 1. The number of hydrogen-bond donors (Lipinski definition) is 3. The number of amides is 3. The highest BCUT2D eigenvalue weighted by atomic mass is 16.5. The summed E-state index contributed by atoms with van der Waals surface area (Å²) in [5.74, 6) is 0.486. The van der Waals surface area contributed by atoms with Gasteiger partial charge in [0, 0.05) is 12.2 Å². The molecule has 3 amide bonds. The van der Waals surface area contributed by atoms with Gasteiger partial charge in [-0.25, -0.2) is 4.79 Å². The molecule has 6 heteroatoms. The first-order valence-corrected chi connectivity index (χ1v) is 8.61. The summed E-state index contributed by atoms with van der Waals surface area (Å²) in [6, 6.07) is 14.9. The molecule has 2 aromatic carbocycles. The molecule has 6 nitrogen and oxygen atoms in total. The minimum Gasteiger partial charge on any atom is -0.490 e. The van der Waals surface area contributed by atoms with E-state index in [9.17, 15) is 9.59 Å². The summed E-state index contributed by atoms with van der Waals surface area (Å²) in [7, 11) is 0. The van der Waals surface area contributed by atoms with Crippen molar-refractivity contribution in [2.75, 3.05) is 23.8 Å². The summed E-state index contributed by atoms with van der Waals surface area (Å²) in [6.45, 7) is 4.49. The van der Waals surface area contributed by atoms with Gasteiger partial charge >= 0.3 is 6.03 Å². The fourth-order valence-electron chi connectivity index (χ4n) is 2.59. The summed E-state index contributed by atoms with van der Waals surface area (Å²) >= 11 is 0. The molecule has 0 spiro atoms. The molecule has 2 aromatic rings. The van der Waals surface area contributed by atoms with Crippen molar-refractivity contribution >= 4 is 23.3 Å². The quantitative estimate of drug-likeness (QED) is 0.788. The Morgan fingerprint density at radius 2 is 1.96 bits per heavy atom. The molecule has 0 atom stereocenters. The average molecular weight is 353 g/mol. The number of hydrogen-bond acceptors (Lipinski definition) is 3. The van der Waals surface area contributed by atoms with Crippen molar-refractivity contribution in [3.63, 3.8) is 0 Å². The molecule has 1 aliphatic rings. The number of carbonyl (C=O) groups is 2. The van der Waals surface area contributed by atoms with Gasteiger partial charge in [-0.1, -0.05) is 30.3 Å². The number of rotatable bonds is 4. The normalized spacial score (nSPS) is 15.1. The maximum atomic E-state index is 12.2. The number of carbonyl (C=O) groups excluding carboxylic acids is 2. The van der Waals surface area contributed by atoms with Gasteiger partial charge in [0.15, 0.2) is 0 Å². The van der Waals surface area contributed by atoms with Crippen LogP contribution in [0.3, 0.4) is 0 Å². The Balaban J connectivity index is 1.57. The summed E-state index contributed by atoms with van der Waals surface area (Å²) in [5, 5.41) is 8.46. The zero-order chi connectivity index (χ0) is 18.6. The Kier molecular flexibility index (Phi) is 5.11. The Hall–Kier alpha value is -3.02. The Labute approximate surface area is 152 Å². The van der Waals surface area contributed by atoms with Crippen molar-refractivity contribution in [3.05, 3.63) is 54.1 Å². The smallest absolute Gasteiger partial charge is 0.319 e. The highest BCUT2D eigenvalue weighted by molar-refractivity contribution is 5.98. The molecule has 136 valence electrons. The van der Waals surface area contributed by atoms with Gasteiger partial charge in [0.1, 0.15) is 12.4 Å². The van der Waals surface area contributed by atoms with Gasteiger partial charge < -0.3 is 20.7 Å². The van der Waals surface area contributed by atoms with E-state index in [-0.39, 0.29) is 11.9 Å². The molecule has 0 fully saturated rings. The van der Waals surface area contributed by atoms with E-state index in [1.807, 2.05) is 44.2 Å². The van der Waals surface area contributed by atoms with Crippen molar-refractivity contribution in [2.24, 2.45) is 5.41 Å². The van der Waals surface area contributed by atoms with Crippen LogP contribution < -0.4 is 20.7 Å². The number of urea groups is 1. The van der Waals surface area contributed by atoms with Gasteiger partial charge in [-0.05, 0) is 44.0 Å². The van der Waals surface area contributed by atoms with Crippen LogP contribution in [0, 0.1) is 5.41 Å². The molecule has 1 aliphatic heterocycles. The van der Waals surface area contributed by atoms with Crippen LogP contribution in [-0.2, 0) is 11.2 Å². The van der Waals surface area contributed by atoms with E-state index >= 15 is 0 Å². The maximum absolute atomic E-state index is 12.2. The summed E-state index contributed by atoms with van der Waals surface area (Å²) < 4.78 is 5.70. The van der Waals surface area contributed by atoms with Crippen LogP contribution in [-0.4, -0.2) is 25.1 Å². The highest BCUT2D eigenvalue weighted by Crippen LogP contribution is 2.34. The van der Waals surface area contributed by atoms with Crippen molar-refractivity contribution in [2.45, 2.75) is 20.3 Å². The van der Waals surface area contributed by atoms with Gasteiger partial charge in [-0.3, -0.25) is 4.79 Å². The van der Waals surface area contributed by atoms with Crippen molar-refractivity contribution in [1.82, 2.24) is 5.32 Å². The van der Waals surface area contributed by atoms with Gasteiger partial charge in [-0.15, -0.1) is 0 Å². The first kappa shape index (κ1) is 17.8. The van der Waals surface area contributed by atoms with E-state index in [1.165, 1.54) is 5.56 Å². The SMILES string of the molecule is CC1(C)COc2ccc(NC(=O)NCCc3ccccc3)cc2NC1=O. The highest BCUT2D eigenvalue weighted by Gasteiger charge is 2.32. The molecule has 0 aliphatic carbocycles. The van der Waals surface area contributed by atoms with Gasteiger partial charge in [0.25, 0.3) is 0 Å². The molecule has 0 aromatic heterocycles. The predicted octanol–water partition coefficient (Wildman–Crippen LogP) is 3.41. The molecule has 0 radical (unpaired) electrons. The third-order valence-corrected chi connectivity index (χ3v) is 4.23. The number of ether oxygens (including phenoxy) is 1. The molecule has 0 saturated heterocycles. The molecular weight excluding hydrogens is 330 g/mol. The maximum Gasteiger partial charge on any atom is 0.319 e. The second kappa shape index (κ2) is 7.47. The minimum atomic E-state index is -0.610.